The van der Waals surface area contributed by atoms with Crippen molar-refractivity contribution in [1.29, 1.82) is 0 Å². The Labute approximate surface area is 157 Å². The van der Waals surface area contributed by atoms with Gasteiger partial charge in [0, 0.05) is 48.5 Å². The van der Waals surface area contributed by atoms with Crippen LogP contribution in [0, 0.1) is 0 Å². The molecular weight excluding hydrogens is 342 g/mol. The predicted molar refractivity (Wildman–Crippen MR) is 102 cm³/mol. The van der Waals surface area contributed by atoms with Gasteiger partial charge >= 0.3 is 0 Å². The number of benzene rings is 1. The standard InChI is InChI=1S/C20H23N5O2/c21-18(26)13-25-9-7-22-20(25)14-4-3-8-24(12-14)19(27)10-15-11-23-17-6-2-1-5-16(15)17/h1-2,5-7,9,11,14,23H,3-4,8,10,12-13H2,(H2,21,26). The van der Waals surface area contributed by atoms with Gasteiger partial charge in [0.05, 0.1) is 6.42 Å². The van der Waals surface area contributed by atoms with Gasteiger partial charge in [-0.2, -0.15) is 0 Å². The Morgan fingerprint density at radius 2 is 2.15 bits per heavy atom. The molecule has 2 amide bonds. The maximum atomic E-state index is 12.9. The molecule has 3 heterocycles. The van der Waals surface area contributed by atoms with E-state index in [0.717, 1.165) is 41.7 Å². The number of carbonyl (C=O) groups excluding carboxylic acids is 2. The minimum absolute atomic E-state index is 0.120. The Morgan fingerprint density at radius 1 is 1.30 bits per heavy atom. The number of hydrogen-bond donors (Lipinski definition) is 2. The zero-order valence-electron chi connectivity index (χ0n) is 15.1. The van der Waals surface area contributed by atoms with Gasteiger partial charge in [-0.1, -0.05) is 18.2 Å². The molecule has 1 fully saturated rings. The Hall–Kier alpha value is -3.09. The van der Waals surface area contributed by atoms with Crippen LogP contribution in [-0.4, -0.2) is 44.3 Å². The molecule has 4 rings (SSSR count). The average molecular weight is 365 g/mol. The molecule has 1 aliphatic rings. The highest BCUT2D eigenvalue weighted by Crippen LogP contribution is 2.27. The second kappa shape index (κ2) is 7.26. The second-order valence-electron chi connectivity index (χ2n) is 7.09. The van der Waals surface area contributed by atoms with Crippen molar-refractivity contribution in [2.75, 3.05) is 13.1 Å². The van der Waals surface area contributed by atoms with Gasteiger partial charge in [-0.15, -0.1) is 0 Å². The fraction of sp³-hybridized carbons (Fsp3) is 0.350. The van der Waals surface area contributed by atoms with Crippen LogP contribution >= 0.6 is 0 Å². The number of piperidine rings is 1. The van der Waals surface area contributed by atoms with Gasteiger partial charge < -0.3 is 20.2 Å². The van der Waals surface area contributed by atoms with Crippen molar-refractivity contribution in [3.8, 4) is 0 Å². The highest BCUT2D eigenvalue weighted by Gasteiger charge is 2.28. The largest absolute Gasteiger partial charge is 0.368 e. The first-order valence-corrected chi connectivity index (χ1v) is 9.24. The number of nitrogens with two attached hydrogens (primary N) is 1. The van der Waals surface area contributed by atoms with Gasteiger partial charge in [-0.3, -0.25) is 9.59 Å². The lowest BCUT2D eigenvalue weighted by Crippen LogP contribution is -2.40. The minimum Gasteiger partial charge on any atom is -0.368 e. The normalized spacial score (nSPS) is 17.3. The van der Waals surface area contributed by atoms with Crippen LogP contribution in [0.1, 0.15) is 30.1 Å². The van der Waals surface area contributed by atoms with Crippen molar-refractivity contribution >= 4 is 22.7 Å². The number of aromatic amines is 1. The number of imidazole rings is 1. The van der Waals surface area contributed by atoms with Crippen LogP contribution in [0.4, 0.5) is 0 Å². The van der Waals surface area contributed by atoms with E-state index >= 15 is 0 Å². The molecule has 0 radical (unpaired) electrons. The molecule has 3 aromatic rings. The van der Waals surface area contributed by atoms with E-state index in [4.69, 9.17) is 5.73 Å². The lowest BCUT2D eigenvalue weighted by Gasteiger charge is -2.32. The Morgan fingerprint density at radius 3 is 3.00 bits per heavy atom. The molecule has 0 bridgehead atoms. The molecule has 1 saturated heterocycles. The maximum absolute atomic E-state index is 12.9. The number of likely N-dealkylation sites (tertiary alicyclic amines) is 1. The Kier molecular flexibility index (Phi) is 4.66. The van der Waals surface area contributed by atoms with Gasteiger partial charge in [-0.05, 0) is 24.5 Å². The predicted octanol–water partition coefficient (Wildman–Crippen LogP) is 1.80. The first-order chi connectivity index (χ1) is 13.1. The first kappa shape index (κ1) is 17.3. The average Bonchev–Trinajstić information content (AvgIpc) is 3.29. The quantitative estimate of drug-likeness (QED) is 0.721. The van der Waals surface area contributed by atoms with E-state index in [-0.39, 0.29) is 18.4 Å². The van der Waals surface area contributed by atoms with Gasteiger partial charge in [0.15, 0.2) is 0 Å². The van der Waals surface area contributed by atoms with Crippen molar-refractivity contribution < 1.29 is 9.59 Å². The SMILES string of the molecule is NC(=O)Cn1ccnc1C1CCCN(C(=O)Cc2c[nH]c3ccccc23)C1. The molecule has 7 heteroatoms. The number of carbonyl (C=O) groups is 2. The Bertz CT molecular complexity index is 974. The van der Waals surface area contributed by atoms with Crippen molar-refractivity contribution in [2.24, 2.45) is 5.73 Å². The van der Waals surface area contributed by atoms with E-state index in [2.05, 4.69) is 9.97 Å². The second-order valence-corrected chi connectivity index (χ2v) is 7.09. The van der Waals surface area contributed by atoms with Crippen LogP contribution in [0.25, 0.3) is 10.9 Å². The van der Waals surface area contributed by atoms with Crippen LogP contribution in [0.3, 0.4) is 0 Å². The zero-order valence-corrected chi connectivity index (χ0v) is 15.1. The summed E-state index contributed by atoms with van der Waals surface area (Å²) in [5.41, 5.74) is 7.39. The summed E-state index contributed by atoms with van der Waals surface area (Å²) in [4.78, 5) is 33.7. The molecule has 1 aromatic carbocycles. The zero-order chi connectivity index (χ0) is 18.8. The van der Waals surface area contributed by atoms with Gasteiger partial charge in [0.25, 0.3) is 0 Å². The molecule has 27 heavy (non-hydrogen) atoms. The molecule has 1 aliphatic heterocycles. The summed E-state index contributed by atoms with van der Waals surface area (Å²) in [5, 5.41) is 1.09. The van der Waals surface area contributed by atoms with Crippen molar-refractivity contribution in [3.05, 3.63) is 54.2 Å². The van der Waals surface area contributed by atoms with Crippen LogP contribution < -0.4 is 5.73 Å². The third kappa shape index (κ3) is 3.58. The van der Waals surface area contributed by atoms with Crippen molar-refractivity contribution in [1.82, 2.24) is 19.4 Å². The van der Waals surface area contributed by atoms with E-state index in [0.29, 0.717) is 13.0 Å². The summed E-state index contributed by atoms with van der Waals surface area (Å²) in [6.45, 7) is 1.50. The van der Waals surface area contributed by atoms with E-state index in [9.17, 15) is 9.59 Å². The summed E-state index contributed by atoms with van der Waals surface area (Å²) in [6, 6.07) is 8.01. The first-order valence-electron chi connectivity index (χ1n) is 9.24. The number of rotatable bonds is 5. The lowest BCUT2D eigenvalue weighted by atomic mass is 9.96. The lowest BCUT2D eigenvalue weighted by molar-refractivity contribution is -0.131. The summed E-state index contributed by atoms with van der Waals surface area (Å²) in [6.07, 6.45) is 7.63. The Balaban J connectivity index is 1.47. The fourth-order valence-electron chi connectivity index (χ4n) is 3.95. The number of H-pyrrole nitrogens is 1. The molecule has 1 unspecified atom stereocenters. The number of para-hydroxylation sites is 1. The molecule has 0 aliphatic carbocycles. The molecule has 140 valence electrons. The van der Waals surface area contributed by atoms with Gasteiger partial charge in [0.2, 0.25) is 11.8 Å². The number of hydrogen-bond acceptors (Lipinski definition) is 3. The van der Waals surface area contributed by atoms with E-state index in [1.165, 1.54) is 0 Å². The smallest absolute Gasteiger partial charge is 0.237 e. The number of nitrogens with one attached hydrogen (secondary N) is 1. The van der Waals surface area contributed by atoms with Crippen molar-refractivity contribution in [2.45, 2.75) is 31.7 Å². The fourth-order valence-corrected chi connectivity index (χ4v) is 3.95. The highest BCUT2D eigenvalue weighted by atomic mass is 16.2. The number of nitrogens with zero attached hydrogens (tertiary/aromatic N) is 3. The molecule has 3 N–H and O–H groups in total. The molecular formula is C20H23N5O2. The molecule has 7 nitrogen and oxygen atoms in total. The summed E-state index contributed by atoms with van der Waals surface area (Å²) in [5.74, 6) is 0.688. The molecule has 0 saturated carbocycles. The van der Waals surface area contributed by atoms with Crippen LogP contribution in [0.2, 0.25) is 0 Å². The third-order valence-electron chi connectivity index (χ3n) is 5.23. The van der Waals surface area contributed by atoms with Crippen LogP contribution in [0.15, 0.2) is 42.9 Å². The summed E-state index contributed by atoms with van der Waals surface area (Å²) >= 11 is 0. The molecule has 0 spiro atoms. The van der Waals surface area contributed by atoms with Crippen molar-refractivity contribution in [3.63, 3.8) is 0 Å². The molecule has 2 aromatic heterocycles. The monoisotopic (exact) mass is 365 g/mol. The van der Waals surface area contributed by atoms with Crippen LogP contribution in [0.5, 0.6) is 0 Å². The van der Waals surface area contributed by atoms with E-state index < -0.39 is 5.91 Å². The minimum atomic E-state index is -0.391. The maximum Gasteiger partial charge on any atom is 0.237 e. The topological polar surface area (TPSA) is 97.0 Å². The summed E-state index contributed by atoms with van der Waals surface area (Å²) in [7, 11) is 0. The number of fused-ring (bicyclic) bond motifs is 1. The van der Waals surface area contributed by atoms with Gasteiger partial charge in [-0.25, -0.2) is 4.98 Å². The summed E-state index contributed by atoms with van der Waals surface area (Å²) < 4.78 is 1.79. The van der Waals surface area contributed by atoms with E-state index in [1.54, 1.807) is 17.0 Å². The van der Waals surface area contributed by atoms with Crippen LogP contribution in [-0.2, 0) is 22.6 Å². The third-order valence-corrected chi connectivity index (χ3v) is 5.23. The number of aromatic nitrogens is 3. The number of amides is 2. The van der Waals surface area contributed by atoms with E-state index in [1.807, 2.05) is 35.4 Å². The van der Waals surface area contributed by atoms with Gasteiger partial charge in [0.1, 0.15) is 12.4 Å². The molecule has 1 atom stereocenters. The highest BCUT2D eigenvalue weighted by molar-refractivity contribution is 5.89. The number of primary amides is 1.